The second-order valence-corrected chi connectivity index (χ2v) is 6.60. The van der Waals surface area contributed by atoms with Crippen LogP contribution in [0.2, 0.25) is 5.02 Å². The zero-order chi connectivity index (χ0) is 15.4. The molecular weight excluding hydrogens is 304 g/mol. The number of aromatic nitrogens is 1. The van der Waals surface area contributed by atoms with Crippen LogP contribution in [0, 0.1) is 6.92 Å². The van der Waals surface area contributed by atoms with Gasteiger partial charge in [-0.05, 0) is 26.3 Å². The van der Waals surface area contributed by atoms with Crippen LogP contribution in [-0.2, 0) is 6.42 Å². The second kappa shape index (κ2) is 7.36. The quantitative estimate of drug-likeness (QED) is 0.842. The van der Waals surface area contributed by atoms with Crippen LogP contribution in [0.4, 0.5) is 0 Å². The van der Waals surface area contributed by atoms with Gasteiger partial charge in [-0.15, -0.1) is 11.3 Å². The van der Waals surface area contributed by atoms with Gasteiger partial charge in [0.1, 0.15) is 0 Å². The summed E-state index contributed by atoms with van der Waals surface area (Å²) in [4.78, 5) is 5.78. The Hall–Kier alpha value is -0.940. The first-order valence-corrected chi connectivity index (χ1v) is 8.34. The van der Waals surface area contributed by atoms with Crippen molar-refractivity contribution in [2.75, 3.05) is 6.54 Å². The molecule has 114 valence electrons. The fraction of sp³-hybridized carbons (Fsp3) is 0.438. The van der Waals surface area contributed by atoms with E-state index in [2.05, 4.69) is 24.1 Å². The fourth-order valence-electron chi connectivity index (χ4n) is 2.26. The number of hydrogen-bond acceptors (Lipinski definition) is 4. The molecule has 0 radical (unpaired) electrons. The smallest absolute Gasteiger partial charge is 0.0928 e. The average molecular weight is 325 g/mol. The molecule has 0 amide bonds. The molecule has 0 saturated carbocycles. The standard InChI is InChI=1S/C16H21ClN2OS/c1-4-15-19-11(3)16(21-15)10(2)18-9-14(20)12-7-5-6-8-13(12)17/h5-8,10,14,18,20H,4,9H2,1-3H3. The minimum atomic E-state index is -0.611. The summed E-state index contributed by atoms with van der Waals surface area (Å²) < 4.78 is 0. The number of nitrogens with zero attached hydrogens (tertiary/aromatic N) is 1. The summed E-state index contributed by atoms with van der Waals surface area (Å²) in [6.45, 7) is 6.71. The summed E-state index contributed by atoms with van der Waals surface area (Å²) >= 11 is 7.84. The summed E-state index contributed by atoms with van der Waals surface area (Å²) in [5, 5.41) is 15.4. The van der Waals surface area contributed by atoms with E-state index in [4.69, 9.17) is 11.6 Å². The van der Waals surface area contributed by atoms with E-state index in [0.717, 1.165) is 22.7 Å². The summed E-state index contributed by atoms with van der Waals surface area (Å²) in [5.41, 5.74) is 1.83. The highest BCUT2D eigenvalue weighted by atomic mass is 35.5. The highest BCUT2D eigenvalue weighted by molar-refractivity contribution is 7.11. The van der Waals surface area contributed by atoms with Gasteiger partial charge in [0, 0.05) is 28.0 Å². The Morgan fingerprint density at radius 3 is 2.71 bits per heavy atom. The van der Waals surface area contributed by atoms with Gasteiger partial charge >= 0.3 is 0 Å². The molecule has 0 saturated heterocycles. The lowest BCUT2D eigenvalue weighted by molar-refractivity contribution is 0.171. The normalized spacial score (nSPS) is 14.1. The molecule has 1 aromatic heterocycles. The van der Waals surface area contributed by atoms with Gasteiger partial charge in [-0.1, -0.05) is 36.7 Å². The lowest BCUT2D eigenvalue weighted by Crippen LogP contribution is -2.24. The van der Waals surface area contributed by atoms with Crippen LogP contribution in [0.1, 0.15) is 47.1 Å². The third-order valence-electron chi connectivity index (χ3n) is 3.45. The van der Waals surface area contributed by atoms with Crippen molar-refractivity contribution >= 4 is 22.9 Å². The van der Waals surface area contributed by atoms with Gasteiger partial charge in [-0.25, -0.2) is 4.98 Å². The van der Waals surface area contributed by atoms with Crippen LogP contribution in [0.5, 0.6) is 0 Å². The predicted octanol–water partition coefficient (Wildman–Crippen LogP) is 4.05. The van der Waals surface area contributed by atoms with E-state index >= 15 is 0 Å². The molecule has 2 atom stereocenters. The van der Waals surface area contributed by atoms with Crippen molar-refractivity contribution in [3.05, 3.63) is 50.4 Å². The third-order valence-corrected chi connectivity index (χ3v) is 5.28. The van der Waals surface area contributed by atoms with Gasteiger partial charge in [0.25, 0.3) is 0 Å². The zero-order valence-corrected chi connectivity index (χ0v) is 14.1. The van der Waals surface area contributed by atoms with E-state index in [1.165, 1.54) is 4.88 Å². The first kappa shape index (κ1) is 16.4. The van der Waals surface area contributed by atoms with E-state index in [1.807, 2.05) is 25.1 Å². The molecule has 0 bridgehead atoms. The number of benzene rings is 1. The van der Waals surface area contributed by atoms with Crippen molar-refractivity contribution in [3.63, 3.8) is 0 Å². The number of hydrogen-bond donors (Lipinski definition) is 2. The van der Waals surface area contributed by atoms with Crippen molar-refractivity contribution < 1.29 is 5.11 Å². The second-order valence-electron chi connectivity index (χ2n) is 5.08. The third kappa shape index (κ3) is 4.04. The Morgan fingerprint density at radius 1 is 1.38 bits per heavy atom. The van der Waals surface area contributed by atoms with Gasteiger partial charge in [-0.3, -0.25) is 0 Å². The molecular formula is C16H21ClN2OS. The molecule has 1 heterocycles. The number of nitrogens with one attached hydrogen (secondary N) is 1. The van der Waals surface area contributed by atoms with Gasteiger partial charge in [-0.2, -0.15) is 0 Å². The van der Waals surface area contributed by atoms with Crippen molar-refractivity contribution in [2.24, 2.45) is 0 Å². The monoisotopic (exact) mass is 324 g/mol. The number of aliphatic hydroxyl groups excluding tert-OH is 1. The van der Waals surface area contributed by atoms with E-state index in [1.54, 1.807) is 17.4 Å². The largest absolute Gasteiger partial charge is 0.387 e. The first-order valence-electron chi connectivity index (χ1n) is 7.15. The molecule has 21 heavy (non-hydrogen) atoms. The van der Waals surface area contributed by atoms with Crippen LogP contribution < -0.4 is 5.32 Å². The van der Waals surface area contributed by atoms with Crippen LogP contribution >= 0.6 is 22.9 Å². The summed E-state index contributed by atoms with van der Waals surface area (Å²) in [6.07, 6.45) is 0.348. The SMILES string of the molecule is CCc1nc(C)c(C(C)NCC(O)c2ccccc2Cl)s1. The highest BCUT2D eigenvalue weighted by Crippen LogP contribution is 2.27. The molecule has 5 heteroatoms. The maximum absolute atomic E-state index is 10.3. The Labute approximate surface area is 135 Å². The van der Waals surface area contributed by atoms with Gasteiger partial charge in [0.2, 0.25) is 0 Å². The lowest BCUT2D eigenvalue weighted by Gasteiger charge is -2.17. The Balaban J connectivity index is 1.99. The minimum Gasteiger partial charge on any atom is -0.387 e. The molecule has 2 aromatic rings. The fourth-order valence-corrected chi connectivity index (χ4v) is 3.55. The molecule has 0 aliphatic carbocycles. The highest BCUT2D eigenvalue weighted by Gasteiger charge is 2.16. The molecule has 0 spiro atoms. The maximum atomic E-state index is 10.3. The van der Waals surface area contributed by atoms with Crippen LogP contribution in [0.25, 0.3) is 0 Å². The number of aliphatic hydroxyl groups is 1. The van der Waals surface area contributed by atoms with Crippen LogP contribution in [0.3, 0.4) is 0 Å². The summed E-state index contributed by atoms with van der Waals surface area (Å²) in [6, 6.07) is 7.56. The topological polar surface area (TPSA) is 45.2 Å². The molecule has 0 aliphatic rings. The van der Waals surface area contributed by atoms with Gasteiger partial charge in [0.05, 0.1) is 16.8 Å². The van der Waals surface area contributed by atoms with Gasteiger partial charge in [0.15, 0.2) is 0 Å². The number of rotatable bonds is 6. The number of thiazole rings is 1. The molecule has 2 rings (SSSR count). The Morgan fingerprint density at radius 2 is 2.10 bits per heavy atom. The van der Waals surface area contributed by atoms with E-state index < -0.39 is 6.10 Å². The number of halogens is 1. The Kier molecular flexibility index (Phi) is 5.76. The van der Waals surface area contributed by atoms with Crippen LogP contribution in [-0.4, -0.2) is 16.6 Å². The van der Waals surface area contributed by atoms with Crippen LogP contribution in [0.15, 0.2) is 24.3 Å². The van der Waals surface area contributed by atoms with Gasteiger partial charge < -0.3 is 10.4 Å². The predicted molar refractivity (Wildman–Crippen MR) is 89.1 cm³/mol. The van der Waals surface area contributed by atoms with E-state index in [9.17, 15) is 5.11 Å². The van der Waals surface area contributed by atoms with E-state index in [-0.39, 0.29) is 6.04 Å². The van der Waals surface area contributed by atoms with Crippen molar-refractivity contribution in [2.45, 2.75) is 39.3 Å². The molecule has 0 fully saturated rings. The van der Waals surface area contributed by atoms with Crippen molar-refractivity contribution in [1.29, 1.82) is 0 Å². The minimum absolute atomic E-state index is 0.167. The Bertz CT molecular complexity index is 600. The van der Waals surface area contributed by atoms with E-state index in [0.29, 0.717) is 11.6 Å². The van der Waals surface area contributed by atoms with Crippen molar-refractivity contribution in [1.82, 2.24) is 10.3 Å². The lowest BCUT2D eigenvalue weighted by atomic mass is 10.1. The molecule has 1 aromatic carbocycles. The molecule has 2 N–H and O–H groups in total. The maximum Gasteiger partial charge on any atom is 0.0928 e. The molecule has 3 nitrogen and oxygen atoms in total. The number of aryl methyl sites for hydroxylation is 2. The summed E-state index contributed by atoms with van der Waals surface area (Å²) in [7, 11) is 0. The average Bonchev–Trinajstić information content (AvgIpc) is 2.86. The first-order chi connectivity index (χ1) is 10.0. The summed E-state index contributed by atoms with van der Waals surface area (Å²) in [5.74, 6) is 0. The zero-order valence-electron chi connectivity index (χ0n) is 12.6. The molecule has 2 unspecified atom stereocenters. The molecule has 0 aliphatic heterocycles. The van der Waals surface area contributed by atoms with Crippen molar-refractivity contribution in [3.8, 4) is 0 Å².